The van der Waals surface area contributed by atoms with Crippen LogP contribution in [0.25, 0.3) is 0 Å². The first-order valence-electron chi connectivity index (χ1n) is 6.92. The van der Waals surface area contributed by atoms with Crippen molar-refractivity contribution >= 4 is 39.9 Å². The Morgan fingerprint density at radius 1 is 1.43 bits per heavy atom. The lowest BCUT2D eigenvalue weighted by atomic mass is 10.3. The monoisotopic (exact) mass is 326 g/mol. The molecule has 0 aliphatic carbocycles. The summed E-state index contributed by atoms with van der Waals surface area (Å²) < 4.78 is 5.90. The van der Waals surface area contributed by atoms with Gasteiger partial charge in [-0.15, -0.1) is 0 Å². The van der Waals surface area contributed by atoms with Crippen LogP contribution in [0.2, 0.25) is 0 Å². The number of hydrogen-bond donors (Lipinski definition) is 1. The minimum Gasteiger partial charge on any atom is -0.497 e. The number of anilines is 1. The molecule has 6 heteroatoms. The third kappa shape index (κ3) is 5.55. The van der Waals surface area contributed by atoms with Gasteiger partial charge in [0.15, 0.2) is 0 Å². The van der Waals surface area contributed by atoms with Gasteiger partial charge in [0, 0.05) is 24.8 Å². The fourth-order valence-corrected chi connectivity index (χ4v) is 3.27. The molecule has 1 atom stereocenters. The molecule has 0 fully saturated rings. The van der Waals surface area contributed by atoms with E-state index < -0.39 is 0 Å². The smallest absolute Gasteiger partial charge is 0.237 e. The van der Waals surface area contributed by atoms with Gasteiger partial charge in [0.2, 0.25) is 5.91 Å². The van der Waals surface area contributed by atoms with E-state index in [1.165, 1.54) is 11.8 Å². The summed E-state index contributed by atoms with van der Waals surface area (Å²) >= 11 is 6.77. The van der Waals surface area contributed by atoms with Gasteiger partial charge in [-0.25, -0.2) is 0 Å². The highest BCUT2D eigenvalue weighted by Crippen LogP contribution is 2.20. The Morgan fingerprint density at radius 2 is 2.10 bits per heavy atom. The normalized spacial score (nSPS) is 11.6. The van der Waals surface area contributed by atoms with Crippen LogP contribution >= 0.6 is 24.0 Å². The Bertz CT molecular complexity index is 490. The minimum atomic E-state index is -0.246. The molecule has 21 heavy (non-hydrogen) atoms. The van der Waals surface area contributed by atoms with E-state index in [1.807, 2.05) is 25.1 Å². The zero-order valence-electron chi connectivity index (χ0n) is 12.9. The van der Waals surface area contributed by atoms with Crippen LogP contribution < -0.4 is 10.1 Å². The number of thiocarbonyl (C=S) groups is 1. The van der Waals surface area contributed by atoms with Crippen molar-refractivity contribution in [1.82, 2.24) is 4.90 Å². The van der Waals surface area contributed by atoms with Crippen LogP contribution in [0, 0.1) is 0 Å². The Labute approximate surface area is 136 Å². The summed E-state index contributed by atoms with van der Waals surface area (Å²) in [4.78, 5) is 14.3. The average Bonchev–Trinajstić information content (AvgIpc) is 2.48. The Balaban J connectivity index is 2.60. The predicted octanol–water partition coefficient (Wildman–Crippen LogP) is 3.38. The Kier molecular flexibility index (Phi) is 7.53. The quantitative estimate of drug-likeness (QED) is 0.812. The Hall–Kier alpha value is -1.27. The molecular weight excluding hydrogens is 304 g/mol. The number of amides is 1. The largest absolute Gasteiger partial charge is 0.497 e. The zero-order valence-corrected chi connectivity index (χ0v) is 14.5. The number of hydrogen-bond acceptors (Lipinski definition) is 4. The van der Waals surface area contributed by atoms with Crippen LogP contribution in [0.1, 0.15) is 20.8 Å². The molecule has 1 unspecified atom stereocenters. The molecule has 0 aliphatic heterocycles. The van der Waals surface area contributed by atoms with Crippen LogP contribution in [0.3, 0.4) is 0 Å². The highest BCUT2D eigenvalue weighted by Gasteiger charge is 2.18. The van der Waals surface area contributed by atoms with E-state index in [4.69, 9.17) is 17.0 Å². The van der Waals surface area contributed by atoms with E-state index in [0.717, 1.165) is 23.1 Å². The van der Waals surface area contributed by atoms with Gasteiger partial charge in [-0.2, -0.15) is 0 Å². The summed E-state index contributed by atoms with van der Waals surface area (Å²) in [5.41, 5.74) is 0.723. The van der Waals surface area contributed by atoms with E-state index >= 15 is 0 Å². The molecule has 0 spiro atoms. The molecule has 0 saturated carbocycles. The van der Waals surface area contributed by atoms with Crippen LogP contribution in [0.4, 0.5) is 5.69 Å². The second kappa shape index (κ2) is 8.89. The first-order valence-corrected chi connectivity index (χ1v) is 8.21. The van der Waals surface area contributed by atoms with E-state index in [0.29, 0.717) is 5.75 Å². The SMILES string of the molecule is CCN(CC)C(=S)SC(C)C(=O)Nc1cccc(OC)c1. The molecule has 1 aromatic rings. The highest BCUT2D eigenvalue weighted by atomic mass is 32.2. The lowest BCUT2D eigenvalue weighted by molar-refractivity contribution is -0.115. The first kappa shape index (κ1) is 17.8. The summed E-state index contributed by atoms with van der Waals surface area (Å²) in [5.74, 6) is 0.648. The van der Waals surface area contributed by atoms with Crippen LogP contribution in [0.5, 0.6) is 5.75 Å². The van der Waals surface area contributed by atoms with E-state index in [1.54, 1.807) is 13.2 Å². The molecule has 0 heterocycles. The number of nitrogens with one attached hydrogen (secondary N) is 1. The molecule has 0 radical (unpaired) electrons. The third-order valence-corrected chi connectivity index (χ3v) is 4.58. The predicted molar refractivity (Wildman–Crippen MR) is 94.2 cm³/mol. The molecule has 1 N–H and O–H groups in total. The highest BCUT2D eigenvalue weighted by molar-refractivity contribution is 8.23. The van der Waals surface area contributed by atoms with Gasteiger partial charge in [0.1, 0.15) is 10.1 Å². The van der Waals surface area contributed by atoms with Crippen molar-refractivity contribution < 1.29 is 9.53 Å². The molecular formula is C15H22N2O2S2. The fourth-order valence-electron chi connectivity index (χ4n) is 1.71. The van der Waals surface area contributed by atoms with Gasteiger partial charge in [-0.1, -0.05) is 30.0 Å². The topological polar surface area (TPSA) is 41.6 Å². The number of thioether (sulfide) groups is 1. The Morgan fingerprint density at radius 3 is 2.67 bits per heavy atom. The number of carbonyl (C=O) groups excluding carboxylic acids is 1. The second-order valence-corrected chi connectivity index (χ2v) is 6.39. The fraction of sp³-hybridized carbons (Fsp3) is 0.467. The van der Waals surface area contributed by atoms with Crippen molar-refractivity contribution in [2.24, 2.45) is 0 Å². The maximum Gasteiger partial charge on any atom is 0.237 e. The maximum atomic E-state index is 12.2. The molecule has 0 aliphatic rings. The summed E-state index contributed by atoms with van der Waals surface area (Å²) in [6.07, 6.45) is 0. The van der Waals surface area contributed by atoms with Crippen molar-refractivity contribution in [1.29, 1.82) is 0 Å². The standard InChI is InChI=1S/C15H22N2O2S2/c1-5-17(6-2)15(20)21-11(3)14(18)16-12-8-7-9-13(10-12)19-4/h7-11H,5-6H2,1-4H3,(H,16,18). The molecule has 0 aromatic heterocycles. The molecule has 0 bridgehead atoms. The number of nitrogens with zero attached hydrogens (tertiary/aromatic N) is 1. The summed E-state index contributed by atoms with van der Waals surface area (Å²) in [5, 5.41) is 2.63. The van der Waals surface area contributed by atoms with Crippen molar-refractivity contribution in [2.45, 2.75) is 26.0 Å². The number of carbonyl (C=O) groups is 1. The molecule has 116 valence electrons. The summed E-state index contributed by atoms with van der Waals surface area (Å²) in [6, 6.07) is 7.30. The number of rotatable bonds is 6. The van der Waals surface area contributed by atoms with Crippen molar-refractivity contribution in [2.75, 3.05) is 25.5 Å². The molecule has 1 aromatic carbocycles. The number of benzene rings is 1. The van der Waals surface area contributed by atoms with Crippen LogP contribution in [-0.2, 0) is 4.79 Å². The van der Waals surface area contributed by atoms with Crippen LogP contribution in [0.15, 0.2) is 24.3 Å². The van der Waals surface area contributed by atoms with Gasteiger partial charge in [0.25, 0.3) is 0 Å². The minimum absolute atomic E-state index is 0.0669. The summed E-state index contributed by atoms with van der Waals surface area (Å²) in [7, 11) is 1.60. The number of methoxy groups -OCH3 is 1. The lowest BCUT2D eigenvalue weighted by Gasteiger charge is -2.22. The van der Waals surface area contributed by atoms with Gasteiger partial charge in [-0.3, -0.25) is 4.79 Å². The average molecular weight is 326 g/mol. The molecule has 4 nitrogen and oxygen atoms in total. The van der Waals surface area contributed by atoms with Gasteiger partial charge in [0.05, 0.1) is 12.4 Å². The first-order chi connectivity index (χ1) is 10.0. The van der Waals surface area contributed by atoms with Gasteiger partial charge in [-0.05, 0) is 32.9 Å². The van der Waals surface area contributed by atoms with Crippen molar-refractivity contribution in [3.05, 3.63) is 24.3 Å². The molecule has 0 saturated heterocycles. The van der Waals surface area contributed by atoms with E-state index in [9.17, 15) is 4.79 Å². The second-order valence-electron chi connectivity index (χ2n) is 4.42. The van der Waals surface area contributed by atoms with Gasteiger partial charge < -0.3 is 15.0 Å². The molecule has 1 rings (SSSR count). The zero-order chi connectivity index (χ0) is 15.8. The van der Waals surface area contributed by atoms with Gasteiger partial charge >= 0.3 is 0 Å². The van der Waals surface area contributed by atoms with Crippen molar-refractivity contribution in [3.63, 3.8) is 0 Å². The lowest BCUT2D eigenvalue weighted by Crippen LogP contribution is -2.31. The van der Waals surface area contributed by atoms with E-state index in [-0.39, 0.29) is 11.2 Å². The molecule has 1 amide bonds. The van der Waals surface area contributed by atoms with Crippen LogP contribution in [-0.4, -0.2) is 40.6 Å². The van der Waals surface area contributed by atoms with E-state index in [2.05, 4.69) is 24.1 Å². The number of ether oxygens (including phenoxy) is 1. The summed E-state index contributed by atoms with van der Waals surface area (Å²) in [6.45, 7) is 7.67. The van der Waals surface area contributed by atoms with Crippen molar-refractivity contribution in [3.8, 4) is 5.75 Å². The maximum absolute atomic E-state index is 12.2. The third-order valence-electron chi connectivity index (χ3n) is 3.01.